The molecule has 3 heteroatoms. The van der Waals surface area contributed by atoms with Crippen LogP contribution in [0.1, 0.15) is 39.0 Å². The van der Waals surface area contributed by atoms with Crippen molar-refractivity contribution in [2.45, 2.75) is 50.3 Å². The van der Waals surface area contributed by atoms with E-state index in [1.807, 2.05) is 0 Å². The molecule has 0 heterocycles. The maximum absolute atomic E-state index is 5.08. The van der Waals surface area contributed by atoms with Crippen LogP contribution in [0, 0.1) is 0 Å². The molecular weight excluding hydrogens is 206 g/mol. The summed E-state index contributed by atoms with van der Waals surface area (Å²) in [4.78, 5) is 0. The van der Waals surface area contributed by atoms with Crippen LogP contribution in [0.4, 0.5) is 0 Å². The number of hydrogen-bond acceptors (Lipinski definition) is 3. The maximum Gasteiger partial charge on any atom is 0.0613 e. The van der Waals surface area contributed by atoms with Gasteiger partial charge in [-0.05, 0) is 19.8 Å². The van der Waals surface area contributed by atoms with Crippen LogP contribution >= 0.6 is 11.8 Å². The minimum Gasteiger partial charge on any atom is -0.383 e. The van der Waals surface area contributed by atoms with Crippen LogP contribution in [0.25, 0.3) is 0 Å². The van der Waals surface area contributed by atoms with Crippen molar-refractivity contribution in [3.63, 3.8) is 0 Å². The molecule has 0 saturated heterocycles. The first-order chi connectivity index (χ1) is 7.33. The molecule has 0 aromatic carbocycles. The van der Waals surface area contributed by atoms with E-state index >= 15 is 0 Å². The van der Waals surface area contributed by atoms with Gasteiger partial charge in [0.15, 0.2) is 0 Å². The Morgan fingerprint density at radius 1 is 1.33 bits per heavy atom. The standard InChI is InChI=1S/C12H25NOS/c1-11(10-14-2)13-8-9-15-12-6-4-3-5-7-12/h11-13H,3-10H2,1-2H3. The second-order valence-corrected chi connectivity index (χ2v) is 5.85. The fraction of sp³-hybridized carbons (Fsp3) is 1.00. The number of rotatable bonds is 7. The third-order valence-corrected chi connectivity index (χ3v) is 4.30. The van der Waals surface area contributed by atoms with Crippen LogP contribution in [0.5, 0.6) is 0 Å². The molecule has 0 aromatic rings. The summed E-state index contributed by atoms with van der Waals surface area (Å²) in [5.41, 5.74) is 0. The summed E-state index contributed by atoms with van der Waals surface area (Å²) in [7, 11) is 1.76. The molecule has 0 amide bonds. The molecule has 0 aromatic heterocycles. The van der Waals surface area contributed by atoms with E-state index in [1.54, 1.807) is 7.11 Å². The SMILES string of the molecule is COCC(C)NCCSC1CCCCC1. The van der Waals surface area contributed by atoms with Crippen molar-refractivity contribution in [2.24, 2.45) is 0 Å². The summed E-state index contributed by atoms with van der Waals surface area (Å²) in [5, 5.41) is 4.42. The Labute approximate surface area is 98.5 Å². The van der Waals surface area contributed by atoms with Gasteiger partial charge in [0.1, 0.15) is 0 Å². The van der Waals surface area contributed by atoms with Crippen LogP contribution in [-0.4, -0.2) is 37.3 Å². The first-order valence-electron chi connectivity index (χ1n) is 6.17. The van der Waals surface area contributed by atoms with Crippen molar-refractivity contribution >= 4 is 11.8 Å². The zero-order valence-electron chi connectivity index (χ0n) is 10.1. The van der Waals surface area contributed by atoms with Gasteiger partial charge in [-0.2, -0.15) is 11.8 Å². The molecule has 1 atom stereocenters. The highest BCUT2D eigenvalue weighted by atomic mass is 32.2. The average molecular weight is 231 g/mol. The summed E-state index contributed by atoms with van der Waals surface area (Å²) in [6.07, 6.45) is 7.24. The van der Waals surface area contributed by atoms with E-state index in [-0.39, 0.29) is 0 Å². The molecule has 0 spiro atoms. The number of thioether (sulfide) groups is 1. The molecule has 1 unspecified atom stereocenters. The van der Waals surface area contributed by atoms with Crippen molar-refractivity contribution in [3.8, 4) is 0 Å². The van der Waals surface area contributed by atoms with Gasteiger partial charge in [0.05, 0.1) is 6.61 Å². The van der Waals surface area contributed by atoms with E-state index in [2.05, 4.69) is 24.0 Å². The number of nitrogens with one attached hydrogen (secondary N) is 1. The molecule has 15 heavy (non-hydrogen) atoms. The maximum atomic E-state index is 5.08. The highest BCUT2D eigenvalue weighted by Crippen LogP contribution is 2.27. The lowest BCUT2D eigenvalue weighted by molar-refractivity contribution is 0.173. The van der Waals surface area contributed by atoms with Crippen molar-refractivity contribution in [1.82, 2.24) is 5.32 Å². The van der Waals surface area contributed by atoms with Gasteiger partial charge < -0.3 is 10.1 Å². The highest BCUT2D eigenvalue weighted by molar-refractivity contribution is 7.99. The summed E-state index contributed by atoms with van der Waals surface area (Å²) < 4.78 is 5.08. The minimum absolute atomic E-state index is 0.488. The number of methoxy groups -OCH3 is 1. The molecule has 2 nitrogen and oxygen atoms in total. The van der Waals surface area contributed by atoms with Crippen LogP contribution in [0.2, 0.25) is 0 Å². The third-order valence-electron chi connectivity index (χ3n) is 2.92. The van der Waals surface area contributed by atoms with Gasteiger partial charge in [0.25, 0.3) is 0 Å². The van der Waals surface area contributed by atoms with Gasteiger partial charge >= 0.3 is 0 Å². The molecular formula is C12H25NOS. The van der Waals surface area contributed by atoms with Crippen LogP contribution < -0.4 is 5.32 Å². The molecule has 90 valence electrons. The van der Waals surface area contributed by atoms with Gasteiger partial charge in [-0.3, -0.25) is 0 Å². The van der Waals surface area contributed by atoms with Crippen LogP contribution in [0.15, 0.2) is 0 Å². The third kappa shape index (κ3) is 6.44. The molecule has 1 aliphatic rings. The van der Waals surface area contributed by atoms with E-state index < -0.39 is 0 Å². The van der Waals surface area contributed by atoms with E-state index in [0.717, 1.165) is 18.4 Å². The lowest BCUT2D eigenvalue weighted by Crippen LogP contribution is -2.32. The predicted molar refractivity (Wildman–Crippen MR) is 68.7 cm³/mol. The van der Waals surface area contributed by atoms with Crippen molar-refractivity contribution in [1.29, 1.82) is 0 Å². The van der Waals surface area contributed by atoms with Gasteiger partial charge in [-0.15, -0.1) is 0 Å². The predicted octanol–water partition coefficient (Wildman–Crippen LogP) is 2.68. The Bertz CT molecular complexity index is 149. The molecule has 1 fully saturated rings. The Morgan fingerprint density at radius 2 is 2.07 bits per heavy atom. The van der Waals surface area contributed by atoms with E-state index in [9.17, 15) is 0 Å². The smallest absolute Gasteiger partial charge is 0.0613 e. The first-order valence-corrected chi connectivity index (χ1v) is 7.21. The second kappa shape index (κ2) is 8.43. The Hall–Kier alpha value is 0.270. The fourth-order valence-corrected chi connectivity index (χ4v) is 3.31. The summed E-state index contributed by atoms with van der Waals surface area (Å²) in [6.45, 7) is 4.11. The lowest BCUT2D eigenvalue weighted by atomic mass is 10.0. The molecule has 1 aliphatic carbocycles. The second-order valence-electron chi connectivity index (χ2n) is 4.44. The Kier molecular flexibility index (Phi) is 7.49. The van der Waals surface area contributed by atoms with Crippen LogP contribution in [-0.2, 0) is 4.74 Å². The molecule has 1 rings (SSSR count). The van der Waals surface area contributed by atoms with Gasteiger partial charge in [0.2, 0.25) is 0 Å². The largest absolute Gasteiger partial charge is 0.383 e. The Balaban J connectivity index is 1.91. The zero-order valence-corrected chi connectivity index (χ0v) is 10.9. The fourth-order valence-electron chi connectivity index (χ4n) is 2.07. The molecule has 0 radical (unpaired) electrons. The molecule has 1 N–H and O–H groups in total. The molecule has 0 bridgehead atoms. The normalized spacial score (nSPS) is 20.4. The van der Waals surface area contributed by atoms with Gasteiger partial charge in [-0.25, -0.2) is 0 Å². The summed E-state index contributed by atoms with van der Waals surface area (Å²) in [5.74, 6) is 1.25. The van der Waals surface area contributed by atoms with E-state index in [0.29, 0.717) is 6.04 Å². The Morgan fingerprint density at radius 3 is 2.73 bits per heavy atom. The van der Waals surface area contributed by atoms with Crippen molar-refractivity contribution in [3.05, 3.63) is 0 Å². The van der Waals surface area contributed by atoms with E-state index in [4.69, 9.17) is 4.74 Å². The lowest BCUT2D eigenvalue weighted by Gasteiger charge is -2.21. The first kappa shape index (κ1) is 13.3. The summed E-state index contributed by atoms with van der Waals surface area (Å²) >= 11 is 2.15. The van der Waals surface area contributed by atoms with Crippen molar-refractivity contribution < 1.29 is 4.74 Å². The topological polar surface area (TPSA) is 21.3 Å². The van der Waals surface area contributed by atoms with E-state index in [1.165, 1.54) is 37.9 Å². The highest BCUT2D eigenvalue weighted by Gasteiger charge is 2.13. The minimum atomic E-state index is 0.488. The average Bonchev–Trinajstić information content (AvgIpc) is 2.26. The zero-order chi connectivity index (χ0) is 10.9. The molecule has 0 aliphatic heterocycles. The monoisotopic (exact) mass is 231 g/mol. The van der Waals surface area contributed by atoms with Gasteiger partial charge in [-0.1, -0.05) is 19.3 Å². The number of ether oxygens (including phenoxy) is 1. The van der Waals surface area contributed by atoms with Gasteiger partial charge in [0, 0.05) is 30.7 Å². The quantitative estimate of drug-likeness (QED) is 0.681. The number of hydrogen-bond donors (Lipinski definition) is 1. The van der Waals surface area contributed by atoms with Crippen LogP contribution in [0.3, 0.4) is 0 Å². The molecule has 1 saturated carbocycles. The van der Waals surface area contributed by atoms with Crippen molar-refractivity contribution in [2.75, 3.05) is 26.0 Å². The summed E-state index contributed by atoms with van der Waals surface area (Å²) in [6, 6.07) is 0.488.